The van der Waals surface area contributed by atoms with Crippen molar-refractivity contribution in [3.05, 3.63) is 53.7 Å². The number of hydrogen-bond acceptors (Lipinski definition) is 3. The van der Waals surface area contributed by atoms with E-state index >= 15 is 0 Å². The van der Waals surface area contributed by atoms with Crippen LogP contribution in [0.1, 0.15) is 61.5 Å². The molecule has 1 fully saturated rings. The summed E-state index contributed by atoms with van der Waals surface area (Å²) in [7, 11) is 0. The molecule has 4 heteroatoms. The average molecular weight is 337 g/mol. The highest BCUT2D eigenvalue weighted by atomic mass is 16.1. The summed E-state index contributed by atoms with van der Waals surface area (Å²) in [5, 5.41) is 3.03. The summed E-state index contributed by atoms with van der Waals surface area (Å²) in [6, 6.07) is 13.7. The molecule has 1 aromatic carbocycles. The van der Waals surface area contributed by atoms with Crippen LogP contribution in [0.25, 0.3) is 0 Å². The van der Waals surface area contributed by atoms with Crippen molar-refractivity contribution in [1.82, 2.24) is 4.98 Å². The molecular formula is C21H27N3O. The van der Waals surface area contributed by atoms with Crippen molar-refractivity contribution in [2.45, 2.75) is 45.4 Å². The third kappa shape index (κ3) is 4.38. The van der Waals surface area contributed by atoms with Gasteiger partial charge in [0.2, 0.25) is 0 Å². The number of amides is 1. The molecule has 1 aliphatic heterocycles. The van der Waals surface area contributed by atoms with Crippen molar-refractivity contribution >= 4 is 17.4 Å². The minimum atomic E-state index is -0.148. The molecule has 1 N–H and O–H groups in total. The van der Waals surface area contributed by atoms with Gasteiger partial charge in [0.1, 0.15) is 11.5 Å². The van der Waals surface area contributed by atoms with Crippen molar-refractivity contribution in [2.75, 3.05) is 23.3 Å². The number of aromatic nitrogens is 1. The van der Waals surface area contributed by atoms with Gasteiger partial charge in [0.05, 0.1) is 0 Å². The molecule has 0 unspecified atom stereocenters. The first-order valence-corrected chi connectivity index (χ1v) is 9.27. The van der Waals surface area contributed by atoms with E-state index in [-0.39, 0.29) is 5.91 Å². The fraction of sp³-hybridized carbons (Fsp3) is 0.429. The molecule has 0 saturated carbocycles. The fourth-order valence-corrected chi connectivity index (χ4v) is 3.33. The lowest BCUT2D eigenvalue weighted by atomic mass is 10.0. The zero-order valence-corrected chi connectivity index (χ0v) is 15.2. The van der Waals surface area contributed by atoms with Crippen LogP contribution in [0.4, 0.5) is 11.5 Å². The van der Waals surface area contributed by atoms with Gasteiger partial charge in [-0.25, -0.2) is 4.98 Å². The zero-order chi connectivity index (χ0) is 17.6. The molecule has 25 heavy (non-hydrogen) atoms. The zero-order valence-electron chi connectivity index (χ0n) is 15.2. The van der Waals surface area contributed by atoms with Gasteiger partial charge in [0, 0.05) is 18.8 Å². The van der Waals surface area contributed by atoms with Crippen LogP contribution in [0.5, 0.6) is 0 Å². The lowest BCUT2D eigenvalue weighted by molar-refractivity contribution is 0.102. The molecule has 0 bridgehead atoms. The number of carbonyl (C=O) groups is 1. The van der Waals surface area contributed by atoms with E-state index in [4.69, 9.17) is 0 Å². The van der Waals surface area contributed by atoms with Crippen LogP contribution in [-0.2, 0) is 0 Å². The molecule has 1 amide bonds. The highest BCUT2D eigenvalue weighted by Crippen LogP contribution is 2.24. The summed E-state index contributed by atoms with van der Waals surface area (Å²) in [6.45, 7) is 6.30. The third-order valence-electron chi connectivity index (χ3n) is 4.73. The minimum absolute atomic E-state index is 0.148. The van der Waals surface area contributed by atoms with Crippen LogP contribution in [-0.4, -0.2) is 24.0 Å². The Labute approximate surface area is 150 Å². The Bertz CT molecular complexity index is 719. The Kier molecular flexibility index (Phi) is 5.69. The van der Waals surface area contributed by atoms with Crippen molar-refractivity contribution in [3.8, 4) is 0 Å². The first-order valence-electron chi connectivity index (χ1n) is 9.27. The maximum atomic E-state index is 12.7. The summed E-state index contributed by atoms with van der Waals surface area (Å²) in [5.41, 5.74) is 2.48. The van der Waals surface area contributed by atoms with E-state index in [2.05, 4.69) is 35.1 Å². The highest BCUT2D eigenvalue weighted by molar-refractivity contribution is 6.03. The summed E-state index contributed by atoms with van der Waals surface area (Å²) < 4.78 is 0. The Hall–Kier alpha value is -2.36. The number of benzene rings is 1. The molecule has 0 aliphatic carbocycles. The predicted octanol–water partition coefficient (Wildman–Crippen LogP) is 4.84. The summed E-state index contributed by atoms with van der Waals surface area (Å²) in [6.07, 6.45) is 4.95. The van der Waals surface area contributed by atoms with Crippen LogP contribution in [0.2, 0.25) is 0 Å². The molecule has 1 aromatic heterocycles. The van der Waals surface area contributed by atoms with Crippen LogP contribution in [0.15, 0.2) is 42.5 Å². The van der Waals surface area contributed by atoms with Gasteiger partial charge >= 0.3 is 0 Å². The number of carbonyl (C=O) groups excluding carboxylic acids is 1. The molecule has 4 nitrogen and oxygen atoms in total. The van der Waals surface area contributed by atoms with Gasteiger partial charge in [-0.2, -0.15) is 0 Å². The van der Waals surface area contributed by atoms with E-state index in [1.54, 1.807) is 6.07 Å². The van der Waals surface area contributed by atoms with E-state index in [1.165, 1.54) is 25.7 Å². The van der Waals surface area contributed by atoms with Gasteiger partial charge in [-0.15, -0.1) is 0 Å². The van der Waals surface area contributed by atoms with E-state index in [9.17, 15) is 4.79 Å². The lowest BCUT2D eigenvalue weighted by Gasteiger charge is -2.21. The predicted molar refractivity (Wildman–Crippen MR) is 103 cm³/mol. The number of nitrogens with zero attached hydrogens (tertiary/aromatic N) is 2. The first-order chi connectivity index (χ1) is 12.1. The molecule has 2 aromatic rings. The lowest BCUT2D eigenvalue weighted by Crippen LogP contribution is -2.26. The topological polar surface area (TPSA) is 45.2 Å². The van der Waals surface area contributed by atoms with E-state index in [0.717, 1.165) is 30.2 Å². The summed E-state index contributed by atoms with van der Waals surface area (Å²) in [5.74, 6) is 1.12. The van der Waals surface area contributed by atoms with Crippen molar-refractivity contribution in [3.63, 3.8) is 0 Å². The monoisotopic (exact) mass is 337 g/mol. The van der Waals surface area contributed by atoms with Gasteiger partial charge in [0.15, 0.2) is 0 Å². The number of nitrogens with one attached hydrogen (secondary N) is 1. The first kappa shape index (κ1) is 17.5. The van der Waals surface area contributed by atoms with Crippen molar-refractivity contribution < 1.29 is 4.79 Å². The molecule has 2 heterocycles. The second-order valence-corrected chi connectivity index (χ2v) is 6.98. The number of rotatable bonds is 4. The average Bonchev–Trinajstić information content (AvgIpc) is 2.91. The standard InChI is InChI=1S/C21H27N3O/c1-16(2)17-10-5-6-11-18(17)23-21(25)19-12-9-13-20(22-19)24-14-7-3-4-8-15-24/h5-6,9-13,16H,3-4,7-8,14-15H2,1-2H3,(H,23,25). The molecular weight excluding hydrogens is 310 g/mol. The molecule has 1 saturated heterocycles. The minimum Gasteiger partial charge on any atom is -0.357 e. The van der Waals surface area contributed by atoms with Gasteiger partial charge in [0.25, 0.3) is 5.91 Å². The van der Waals surface area contributed by atoms with Crippen molar-refractivity contribution in [2.24, 2.45) is 0 Å². The van der Waals surface area contributed by atoms with Gasteiger partial charge in [-0.3, -0.25) is 4.79 Å². The van der Waals surface area contributed by atoms with E-state index in [1.807, 2.05) is 30.3 Å². The number of anilines is 2. The van der Waals surface area contributed by atoms with Crippen LogP contribution >= 0.6 is 0 Å². The fourth-order valence-electron chi connectivity index (χ4n) is 3.33. The van der Waals surface area contributed by atoms with Crippen LogP contribution in [0, 0.1) is 0 Å². The normalized spacial score (nSPS) is 15.1. The number of pyridine rings is 1. The Morgan fingerprint density at radius 1 is 1.00 bits per heavy atom. The number of hydrogen-bond donors (Lipinski definition) is 1. The molecule has 3 rings (SSSR count). The Balaban J connectivity index is 1.78. The molecule has 0 atom stereocenters. The number of para-hydroxylation sites is 1. The maximum absolute atomic E-state index is 12.7. The third-order valence-corrected chi connectivity index (χ3v) is 4.73. The molecule has 0 radical (unpaired) electrons. The molecule has 132 valence electrons. The molecule has 1 aliphatic rings. The summed E-state index contributed by atoms with van der Waals surface area (Å²) in [4.78, 5) is 19.6. The second kappa shape index (κ2) is 8.15. The van der Waals surface area contributed by atoms with Gasteiger partial charge in [-0.05, 0) is 42.5 Å². The smallest absolute Gasteiger partial charge is 0.274 e. The second-order valence-electron chi connectivity index (χ2n) is 6.98. The largest absolute Gasteiger partial charge is 0.357 e. The summed E-state index contributed by atoms with van der Waals surface area (Å²) >= 11 is 0. The SMILES string of the molecule is CC(C)c1ccccc1NC(=O)c1cccc(N2CCCCCC2)n1. The Morgan fingerprint density at radius 2 is 1.72 bits per heavy atom. The van der Waals surface area contributed by atoms with Crippen molar-refractivity contribution in [1.29, 1.82) is 0 Å². The van der Waals surface area contributed by atoms with Crippen LogP contribution < -0.4 is 10.2 Å². The molecule has 0 spiro atoms. The quantitative estimate of drug-likeness (QED) is 0.868. The highest BCUT2D eigenvalue weighted by Gasteiger charge is 2.15. The van der Waals surface area contributed by atoms with Gasteiger partial charge in [-0.1, -0.05) is 51.0 Å². The Morgan fingerprint density at radius 3 is 2.44 bits per heavy atom. The van der Waals surface area contributed by atoms with Crippen LogP contribution in [0.3, 0.4) is 0 Å². The maximum Gasteiger partial charge on any atom is 0.274 e. The van der Waals surface area contributed by atoms with E-state index < -0.39 is 0 Å². The van der Waals surface area contributed by atoms with E-state index in [0.29, 0.717) is 11.6 Å². The van der Waals surface area contributed by atoms with Gasteiger partial charge < -0.3 is 10.2 Å².